The Morgan fingerprint density at radius 3 is 2.33 bits per heavy atom. The average molecular weight is 499 g/mol. The fourth-order valence-electron chi connectivity index (χ4n) is 4.10. The van der Waals surface area contributed by atoms with Crippen LogP contribution >= 0.6 is 11.6 Å². The van der Waals surface area contributed by atoms with Crippen LogP contribution in [0.15, 0.2) is 78.9 Å². The third kappa shape index (κ3) is 4.51. The van der Waals surface area contributed by atoms with E-state index in [1.54, 1.807) is 25.3 Å². The van der Waals surface area contributed by atoms with Crippen molar-refractivity contribution in [2.75, 3.05) is 14.2 Å². The molecule has 0 amide bonds. The minimum absolute atomic E-state index is 0.296. The van der Waals surface area contributed by atoms with Crippen molar-refractivity contribution < 1.29 is 19.0 Å². The number of carbonyl (C=O) groups excluding carboxylic acids is 1. The van der Waals surface area contributed by atoms with E-state index in [9.17, 15) is 4.79 Å². The quantitative estimate of drug-likeness (QED) is 0.246. The molecule has 5 rings (SSSR count). The highest BCUT2D eigenvalue weighted by atomic mass is 35.5. The van der Waals surface area contributed by atoms with Crippen molar-refractivity contribution in [3.63, 3.8) is 0 Å². The summed E-state index contributed by atoms with van der Waals surface area (Å²) in [6.07, 6.45) is 0. The molecule has 6 nitrogen and oxygen atoms in total. The Morgan fingerprint density at radius 1 is 0.889 bits per heavy atom. The number of aryl methyl sites for hydroxylation is 1. The van der Waals surface area contributed by atoms with Crippen LogP contribution in [0.2, 0.25) is 5.02 Å². The van der Waals surface area contributed by atoms with Crippen LogP contribution in [-0.4, -0.2) is 30.2 Å². The number of imidazole rings is 1. The summed E-state index contributed by atoms with van der Waals surface area (Å²) in [6, 6.07) is 25.3. The normalized spacial score (nSPS) is 10.9. The molecule has 0 saturated heterocycles. The van der Waals surface area contributed by atoms with Gasteiger partial charge < -0.3 is 19.2 Å². The van der Waals surface area contributed by atoms with Crippen LogP contribution in [0.1, 0.15) is 15.9 Å². The lowest BCUT2D eigenvalue weighted by Gasteiger charge is -2.10. The lowest BCUT2D eigenvalue weighted by atomic mass is 9.99. The summed E-state index contributed by atoms with van der Waals surface area (Å²) in [5, 5.41) is 0.589. The lowest BCUT2D eigenvalue weighted by molar-refractivity contribution is 0.0599. The Morgan fingerprint density at radius 2 is 1.61 bits per heavy atom. The maximum Gasteiger partial charge on any atom is 0.338 e. The molecule has 0 fully saturated rings. The minimum atomic E-state index is -0.421. The fourth-order valence-corrected chi connectivity index (χ4v) is 4.37. The summed E-state index contributed by atoms with van der Waals surface area (Å²) in [5.74, 6) is 0.870. The number of rotatable bonds is 6. The zero-order valence-electron chi connectivity index (χ0n) is 20.0. The van der Waals surface area contributed by atoms with Crippen LogP contribution in [0.4, 0.5) is 0 Å². The number of H-pyrrole nitrogens is 1. The van der Waals surface area contributed by atoms with Crippen molar-refractivity contribution >= 4 is 28.6 Å². The predicted octanol–water partition coefficient (Wildman–Crippen LogP) is 7.45. The van der Waals surface area contributed by atoms with Gasteiger partial charge in [-0.2, -0.15) is 4.98 Å². The van der Waals surface area contributed by atoms with E-state index in [1.165, 1.54) is 7.11 Å². The van der Waals surface area contributed by atoms with Crippen LogP contribution in [0.5, 0.6) is 17.5 Å². The van der Waals surface area contributed by atoms with Crippen molar-refractivity contribution in [1.82, 2.24) is 9.97 Å². The molecule has 0 saturated carbocycles. The standard InChI is InChI=1S/C29H23ClN2O4/c1-17-8-13-20(14-22(17)28(33)35-3)36-29-31-25-15-23(24(30)16-26(25)32-29)19-11-9-18(10-12-19)21-6-4-5-7-27(21)34-2/h4-16H,1-3H3,(H,31,32). The molecule has 1 heterocycles. The second kappa shape index (κ2) is 9.76. The van der Waals surface area contributed by atoms with Gasteiger partial charge in [0.15, 0.2) is 0 Å². The van der Waals surface area contributed by atoms with Crippen LogP contribution in [-0.2, 0) is 4.74 Å². The molecule has 7 heteroatoms. The van der Waals surface area contributed by atoms with Gasteiger partial charge in [-0.1, -0.05) is 60.1 Å². The smallest absolute Gasteiger partial charge is 0.338 e. The summed E-state index contributed by atoms with van der Waals surface area (Å²) in [6.45, 7) is 1.84. The Hall–Kier alpha value is -4.29. The molecule has 180 valence electrons. The van der Waals surface area contributed by atoms with Gasteiger partial charge in [0.2, 0.25) is 0 Å². The number of ether oxygens (including phenoxy) is 3. The third-order valence-electron chi connectivity index (χ3n) is 5.99. The van der Waals surface area contributed by atoms with E-state index in [0.717, 1.165) is 39.1 Å². The molecule has 1 aromatic heterocycles. The molecular weight excluding hydrogens is 476 g/mol. The van der Waals surface area contributed by atoms with E-state index in [2.05, 4.69) is 9.97 Å². The number of hydrogen-bond acceptors (Lipinski definition) is 5. The van der Waals surface area contributed by atoms with Gasteiger partial charge in [0.05, 0.1) is 35.8 Å². The van der Waals surface area contributed by atoms with Crippen LogP contribution in [0.25, 0.3) is 33.3 Å². The number of benzene rings is 4. The first-order valence-corrected chi connectivity index (χ1v) is 11.6. The van der Waals surface area contributed by atoms with Gasteiger partial charge in [0.25, 0.3) is 6.01 Å². The van der Waals surface area contributed by atoms with Crippen LogP contribution in [0.3, 0.4) is 0 Å². The molecule has 0 aliphatic rings. The molecule has 0 radical (unpaired) electrons. The molecule has 0 atom stereocenters. The minimum Gasteiger partial charge on any atom is -0.496 e. The largest absolute Gasteiger partial charge is 0.496 e. The first-order valence-electron chi connectivity index (χ1n) is 11.3. The summed E-state index contributed by atoms with van der Waals surface area (Å²) in [4.78, 5) is 19.7. The number of para-hydroxylation sites is 1. The monoisotopic (exact) mass is 498 g/mol. The lowest BCUT2D eigenvalue weighted by Crippen LogP contribution is -2.04. The maximum absolute atomic E-state index is 12.0. The number of methoxy groups -OCH3 is 2. The Kier molecular flexibility index (Phi) is 6.36. The molecule has 5 aromatic rings. The summed E-state index contributed by atoms with van der Waals surface area (Å²) in [7, 11) is 3.02. The van der Waals surface area contributed by atoms with Gasteiger partial charge in [-0.15, -0.1) is 0 Å². The fraction of sp³-hybridized carbons (Fsp3) is 0.103. The van der Waals surface area contributed by atoms with Crippen molar-refractivity contribution in [2.24, 2.45) is 0 Å². The molecule has 4 aromatic carbocycles. The van der Waals surface area contributed by atoms with Crippen molar-refractivity contribution in [2.45, 2.75) is 6.92 Å². The first-order chi connectivity index (χ1) is 17.5. The Bertz CT molecular complexity index is 1570. The number of carbonyl (C=O) groups is 1. The zero-order valence-corrected chi connectivity index (χ0v) is 20.7. The topological polar surface area (TPSA) is 73.4 Å². The number of nitrogens with one attached hydrogen (secondary N) is 1. The molecule has 0 unspecified atom stereocenters. The predicted molar refractivity (Wildman–Crippen MR) is 141 cm³/mol. The van der Waals surface area contributed by atoms with Gasteiger partial charge in [0, 0.05) is 11.1 Å². The second-order valence-corrected chi connectivity index (χ2v) is 8.65. The average Bonchev–Trinajstić information content (AvgIpc) is 3.29. The van der Waals surface area contributed by atoms with Gasteiger partial charge in [-0.25, -0.2) is 4.79 Å². The van der Waals surface area contributed by atoms with E-state index in [1.807, 2.05) is 67.6 Å². The Balaban J connectivity index is 1.44. The highest BCUT2D eigenvalue weighted by Crippen LogP contribution is 2.36. The maximum atomic E-state index is 12.0. The van der Waals surface area contributed by atoms with Crippen molar-refractivity contribution in [3.05, 3.63) is 95.0 Å². The van der Waals surface area contributed by atoms with E-state index in [4.69, 9.17) is 25.8 Å². The second-order valence-electron chi connectivity index (χ2n) is 8.24. The third-order valence-corrected chi connectivity index (χ3v) is 6.30. The van der Waals surface area contributed by atoms with Crippen LogP contribution < -0.4 is 9.47 Å². The van der Waals surface area contributed by atoms with Gasteiger partial charge in [0.1, 0.15) is 11.5 Å². The number of aromatic nitrogens is 2. The number of nitrogens with zero attached hydrogens (tertiary/aromatic N) is 1. The molecule has 0 bridgehead atoms. The van der Waals surface area contributed by atoms with E-state index in [0.29, 0.717) is 27.9 Å². The number of fused-ring (bicyclic) bond motifs is 1. The molecule has 1 N–H and O–H groups in total. The van der Waals surface area contributed by atoms with Gasteiger partial charge in [-0.05, 0) is 53.9 Å². The molecular formula is C29H23ClN2O4. The summed E-state index contributed by atoms with van der Waals surface area (Å²) >= 11 is 6.64. The molecule has 36 heavy (non-hydrogen) atoms. The zero-order chi connectivity index (χ0) is 25.2. The summed E-state index contributed by atoms with van der Waals surface area (Å²) < 4.78 is 16.2. The number of hydrogen-bond donors (Lipinski definition) is 1. The van der Waals surface area contributed by atoms with E-state index >= 15 is 0 Å². The first kappa shape index (κ1) is 23.5. The van der Waals surface area contributed by atoms with Gasteiger partial charge in [-0.3, -0.25) is 0 Å². The summed E-state index contributed by atoms with van der Waals surface area (Å²) in [5.41, 5.74) is 6.58. The van der Waals surface area contributed by atoms with E-state index in [-0.39, 0.29) is 0 Å². The van der Waals surface area contributed by atoms with Gasteiger partial charge >= 0.3 is 5.97 Å². The molecule has 0 aliphatic carbocycles. The molecule has 0 aliphatic heterocycles. The SMILES string of the molecule is COC(=O)c1cc(Oc2nc3cc(-c4ccc(-c5ccccc5OC)cc4)c(Cl)cc3[nH]2)ccc1C. The Labute approximate surface area is 213 Å². The van der Waals surface area contributed by atoms with E-state index < -0.39 is 5.97 Å². The number of halogens is 1. The number of esters is 1. The highest BCUT2D eigenvalue weighted by Gasteiger charge is 2.14. The van der Waals surface area contributed by atoms with Crippen LogP contribution in [0, 0.1) is 6.92 Å². The molecule has 0 spiro atoms. The highest BCUT2D eigenvalue weighted by molar-refractivity contribution is 6.34. The van der Waals surface area contributed by atoms with Crippen molar-refractivity contribution in [3.8, 4) is 39.8 Å². The van der Waals surface area contributed by atoms with Crippen molar-refractivity contribution in [1.29, 1.82) is 0 Å². The number of aromatic amines is 1.